The van der Waals surface area contributed by atoms with Gasteiger partial charge in [0.15, 0.2) is 0 Å². The highest BCUT2D eigenvalue weighted by Gasteiger charge is 2.22. The first kappa shape index (κ1) is 22.6. The first-order valence-electron chi connectivity index (χ1n) is 10.8. The molecule has 1 unspecified atom stereocenters. The molecule has 0 aliphatic rings. The third kappa shape index (κ3) is 4.91. The van der Waals surface area contributed by atoms with Crippen molar-refractivity contribution in [2.75, 3.05) is 11.4 Å². The summed E-state index contributed by atoms with van der Waals surface area (Å²) in [6.07, 6.45) is 0. The van der Waals surface area contributed by atoms with Crippen LogP contribution in [-0.2, 0) is 11.3 Å². The second kappa shape index (κ2) is 9.88. The Morgan fingerprint density at radius 1 is 1.00 bits per heavy atom. The molecule has 0 fully saturated rings. The van der Waals surface area contributed by atoms with Crippen molar-refractivity contribution in [1.82, 2.24) is 14.9 Å². The van der Waals surface area contributed by atoms with Gasteiger partial charge in [0.2, 0.25) is 5.91 Å². The zero-order chi connectivity index (χ0) is 23.4. The van der Waals surface area contributed by atoms with E-state index in [-0.39, 0.29) is 18.4 Å². The van der Waals surface area contributed by atoms with E-state index >= 15 is 0 Å². The lowest BCUT2D eigenvalue weighted by Crippen LogP contribution is -2.35. The number of fused-ring (bicyclic) bond motifs is 1. The number of para-hydroxylation sites is 3. The topological polar surface area (TPSA) is 67.2 Å². The molecular formula is C26H25ClN4O2. The largest absolute Gasteiger partial charge is 0.342 e. The Morgan fingerprint density at radius 2 is 1.67 bits per heavy atom. The second-order valence-corrected chi connectivity index (χ2v) is 8.16. The summed E-state index contributed by atoms with van der Waals surface area (Å²) in [5.41, 5.74) is 2.97. The molecule has 7 heteroatoms. The first-order valence-corrected chi connectivity index (χ1v) is 11.2. The third-order valence-electron chi connectivity index (χ3n) is 5.50. The molecular weight excluding hydrogens is 436 g/mol. The molecule has 1 aromatic heterocycles. The molecule has 33 heavy (non-hydrogen) atoms. The molecule has 0 saturated carbocycles. The summed E-state index contributed by atoms with van der Waals surface area (Å²) in [6, 6.07) is 23.6. The summed E-state index contributed by atoms with van der Waals surface area (Å²) >= 11 is 5.93. The summed E-state index contributed by atoms with van der Waals surface area (Å²) in [4.78, 5) is 32.6. The van der Waals surface area contributed by atoms with Crippen LogP contribution in [-0.4, -0.2) is 27.9 Å². The normalized spacial score (nSPS) is 11.8. The highest BCUT2D eigenvalue weighted by Crippen LogP contribution is 2.23. The summed E-state index contributed by atoms with van der Waals surface area (Å²) in [6.45, 7) is 4.48. The van der Waals surface area contributed by atoms with E-state index in [1.807, 2.05) is 73.0 Å². The van der Waals surface area contributed by atoms with Crippen LogP contribution in [0.15, 0.2) is 78.9 Å². The average Bonchev–Trinajstić information content (AvgIpc) is 3.19. The molecule has 0 radical (unpaired) electrons. The van der Waals surface area contributed by atoms with E-state index in [1.165, 1.54) is 0 Å². The van der Waals surface area contributed by atoms with Crippen molar-refractivity contribution in [3.8, 4) is 0 Å². The number of carbonyl (C=O) groups is 2. The quantitative estimate of drug-likeness (QED) is 0.410. The molecule has 4 aromatic rings. The summed E-state index contributed by atoms with van der Waals surface area (Å²) in [5.74, 6) is 0.337. The number of hydrogen-bond acceptors (Lipinski definition) is 3. The highest BCUT2D eigenvalue weighted by atomic mass is 35.5. The molecule has 168 valence electrons. The zero-order valence-electron chi connectivity index (χ0n) is 18.5. The fourth-order valence-corrected chi connectivity index (χ4v) is 3.99. The van der Waals surface area contributed by atoms with Crippen molar-refractivity contribution in [1.29, 1.82) is 0 Å². The van der Waals surface area contributed by atoms with Crippen molar-refractivity contribution < 1.29 is 9.59 Å². The van der Waals surface area contributed by atoms with Crippen LogP contribution in [0.3, 0.4) is 0 Å². The number of anilines is 1. The van der Waals surface area contributed by atoms with Crippen LogP contribution in [0.5, 0.6) is 0 Å². The average molecular weight is 461 g/mol. The Balaban J connectivity index is 1.63. The first-order chi connectivity index (χ1) is 16.0. The molecule has 6 nitrogen and oxygen atoms in total. The number of aromatic nitrogens is 2. The van der Waals surface area contributed by atoms with Crippen molar-refractivity contribution in [2.24, 2.45) is 0 Å². The second-order valence-electron chi connectivity index (χ2n) is 7.72. The van der Waals surface area contributed by atoms with Gasteiger partial charge >= 0.3 is 0 Å². The number of benzene rings is 3. The number of likely N-dealkylation sites (N-methyl/N-ethyl adjacent to an activating group) is 1. The number of nitrogens with zero attached hydrogens (tertiary/aromatic N) is 3. The van der Waals surface area contributed by atoms with Gasteiger partial charge in [0.1, 0.15) is 12.4 Å². The van der Waals surface area contributed by atoms with Gasteiger partial charge in [0.25, 0.3) is 5.91 Å². The smallest absolute Gasteiger partial charge is 0.251 e. The molecule has 0 bridgehead atoms. The third-order valence-corrected chi connectivity index (χ3v) is 5.76. The van der Waals surface area contributed by atoms with Gasteiger partial charge in [0.05, 0.1) is 17.1 Å². The Hall–Kier alpha value is -3.64. The van der Waals surface area contributed by atoms with Gasteiger partial charge in [-0.15, -0.1) is 0 Å². The molecule has 4 rings (SSSR count). The van der Waals surface area contributed by atoms with Crippen LogP contribution in [0.25, 0.3) is 11.0 Å². The fourth-order valence-electron chi connectivity index (χ4n) is 3.87. The van der Waals surface area contributed by atoms with Crippen LogP contribution in [0.1, 0.15) is 36.1 Å². The highest BCUT2D eigenvalue weighted by molar-refractivity contribution is 6.30. The number of carbonyl (C=O) groups excluding carboxylic acids is 2. The molecule has 0 saturated heterocycles. The van der Waals surface area contributed by atoms with E-state index in [2.05, 4.69) is 5.32 Å². The van der Waals surface area contributed by atoms with Crippen molar-refractivity contribution in [3.05, 3.63) is 95.3 Å². The maximum absolute atomic E-state index is 13.3. The molecule has 1 atom stereocenters. The van der Waals surface area contributed by atoms with E-state index in [1.54, 1.807) is 29.2 Å². The number of nitrogens with one attached hydrogen (secondary N) is 1. The maximum Gasteiger partial charge on any atom is 0.251 e. The lowest BCUT2D eigenvalue weighted by Gasteiger charge is -2.23. The van der Waals surface area contributed by atoms with Crippen molar-refractivity contribution >= 4 is 40.1 Å². The van der Waals surface area contributed by atoms with Gasteiger partial charge in [-0.1, -0.05) is 41.9 Å². The SMILES string of the molecule is CCN(C(=O)Cn1c(C(C)NC(=O)c2ccc(Cl)cc2)nc2ccccc21)c1ccccc1. The van der Waals surface area contributed by atoms with Gasteiger partial charge < -0.3 is 14.8 Å². The zero-order valence-corrected chi connectivity index (χ0v) is 19.3. The van der Waals surface area contributed by atoms with E-state index in [0.717, 1.165) is 16.7 Å². The fraction of sp³-hybridized carbons (Fsp3) is 0.192. The number of rotatable bonds is 7. The maximum atomic E-state index is 13.3. The Kier molecular flexibility index (Phi) is 6.75. The standard InChI is InChI=1S/C26H25ClN4O2/c1-3-30(21-9-5-4-6-10-21)24(32)17-31-23-12-8-7-11-22(23)29-25(31)18(2)28-26(33)19-13-15-20(27)16-14-19/h4-16,18H,3,17H2,1-2H3,(H,28,33). The van der Waals surface area contributed by atoms with Crippen LogP contribution in [0.2, 0.25) is 5.02 Å². The van der Waals surface area contributed by atoms with E-state index in [4.69, 9.17) is 16.6 Å². The number of hydrogen-bond donors (Lipinski definition) is 1. The molecule has 2 amide bonds. The Morgan fingerprint density at radius 3 is 2.36 bits per heavy atom. The molecule has 3 aromatic carbocycles. The molecule has 0 spiro atoms. The van der Waals surface area contributed by atoms with Gasteiger partial charge in [-0.05, 0) is 62.4 Å². The predicted octanol–water partition coefficient (Wildman–Crippen LogP) is 5.23. The monoisotopic (exact) mass is 460 g/mol. The number of imidazole rings is 1. The Bertz CT molecular complexity index is 1270. The van der Waals surface area contributed by atoms with Crippen molar-refractivity contribution in [2.45, 2.75) is 26.4 Å². The molecule has 0 aliphatic carbocycles. The lowest BCUT2D eigenvalue weighted by atomic mass is 10.2. The van der Waals surface area contributed by atoms with E-state index in [0.29, 0.717) is 23.0 Å². The van der Waals surface area contributed by atoms with Crippen LogP contribution >= 0.6 is 11.6 Å². The van der Waals surface area contributed by atoms with Gasteiger partial charge in [-0.3, -0.25) is 9.59 Å². The summed E-state index contributed by atoms with van der Waals surface area (Å²) < 4.78 is 1.88. The summed E-state index contributed by atoms with van der Waals surface area (Å²) in [7, 11) is 0. The van der Waals surface area contributed by atoms with Gasteiger partial charge in [0, 0.05) is 22.8 Å². The molecule has 1 N–H and O–H groups in total. The molecule has 0 aliphatic heterocycles. The lowest BCUT2D eigenvalue weighted by molar-refractivity contribution is -0.119. The van der Waals surface area contributed by atoms with Gasteiger partial charge in [-0.2, -0.15) is 0 Å². The minimum absolute atomic E-state index is 0.0515. The van der Waals surface area contributed by atoms with E-state index < -0.39 is 6.04 Å². The van der Waals surface area contributed by atoms with Crippen LogP contribution in [0.4, 0.5) is 5.69 Å². The number of amides is 2. The number of halogens is 1. The van der Waals surface area contributed by atoms with Crippen molar-refractivity contribution in [3.63, 3.8) is 0 Å². The minimum atomic E-state index is -0.417. The molecule has 1 heterocycles. The van der Waals surface area contributed by atoms with Crippen LogP contribution < -0.4 is 10.2 Å². The predicted molar refractivity (Wildman–Crippen MR) is 132 cm³/mol. The van der Waals surface area contributed by atoms with Gasteiger partial charge in [-0.25, -0.2) is 4.98 Å². The van der Waals surface area contributed by atoms with Crippen LogP contribution in [0, 0.1) is 0 Å². The minimum Gasteiger partial charge on any atom is -0.342 e. The Labute approximate surface area is 197 Å². The van der Waals surface area contributed by atoms with E-state index in [9.17, 15) is 9.59 Å². The summed E-state index contributed by atoms with van der Waals surface area (Å²) in [5, 5.41) is 3.56.